The van der Waals surface area contributed by atoms with E-state index < -0.39 is 5.82 Å². The predicted octanol–water partition coefficient (Wildman–Crippen LogP) is 1.33. The number of nitrogens with zero attached hydrogens (tertiary/aromatic N) is 2. The molecule has 8 heteroatoms. The SMILES string of the molecule is Cc1ccc(F)c(OCC(=O)N2CCC(c3n[nH]c(=O)[nH]3)CC2)c1. The monoisotopic (exact) mass is 334 g/mol. The van der Waals surface area contributed by atoms with Crippen LogP contribution >= 0.6 is 0 Å². The smallest absolute Gasteiger partial charge is 0.340 e. The largest absolute Gasteiger partial charge is 0.481 e. The Morgan fingerprint density at radius 1 is 1.42 bits per heavy atom. The molecular weight excluding hydrogens is 315 g/mol. The zero-order chi connectivity index (χ0) is 17.1. The molecule has 1 amide bonds. The Morgan fingerprint density at radius 3 is 2.83 bits per heavy atom. The molecule has 1 saturated heterocycles. The normalized spacial score (nSPS) is 15.5. The molecule has 0 radical (unpaired) electrons. The van der Waals surface area contributed by atoms with Gasteiger partial charge in [0.2, 0.25) is 0 Å². The van der Waals surface area contributed by atoms with Gasteiger partial charge < -0.3 is 9.64 Å². The summed E-state index contributed by atoms with van der Waals surface area (Å²) in [5.74, 6) is 0.195. The summed E-state index contributed by atoms with van der Waals surface area (Å²) in [6, 6.07) is 4.54. The van der Waals surface area contributed by atoms with Crippen molar-refractivity contribution in [3.05, 3.63) is 45.9 Å². The van der Waals surface area contributed by atoms with Gasteiger partial charge in [0, 0.05) is 19.0 Å². The minimum Gasteiger partial charge on any atom is -0.481 e. The van der Waals surface area contributed by atoms with Crippen LogP contribution in [0.25, 0.3) is 0 Å². The molecule has 1 fully saturated rings. The summed E-state index contributed by atoms with van der Waals surface area (Å²) >= 11 is 0. The molecule has 0 atom stereocenters. The van der Waals surface area contributed by atoms with Gasteiger partial charge in [-0.3, -0.25) is 9.78 Å². The van der Waals surface area contributed by atoms with Crippen molar-refractivity contribution in [3.63, 3.8) is 0 Å². The summed E-state index contributed by atoms with van der Waals surface area (Å²) in [6.45, 7) is 2.75. The van der Waals surface area contributed by atoms with E-state index in [0.717, 1.165) is 5.56 Å². The summed E-state index contributed by atoms with van der Waals surface area (Å²) in [4.78, 5) is 27.7. The highest BCUT2D eigenvalue weighted by Gasteiger charge is 2.26. The van der Waals surface area contributed by atoms with E-state index in [2.05, 4.69) is 15.2 Å². The van der Waals surface area contributed by atoms with Gasteiger partial charge in [0.25, 0.3) is 5.91 Å². The van der Waals surface area contributed by atoms with E-state index in [1.54, 1.807) is 17.0 Å². The third kappa shape index (κ3) is 3.64. The van der Waals surface area contributed by atoms with Crippen molar-refractivity contribution in [2.24, 2.45) is 0 Å². The lowest BCUT2D eigenvalue weighted by Gasteiger charge is -2.30. The van der Waals surface area contributed by atoms with Crippen LogP contribution in [0.1, 0.15) is 30.1 Å². The molecule has 0 aliphatic carbocycles. The zero-order valence-electron chi connectivity index (χ0n) is 13.3. The molecule has 24 heavy (non-hydrogen) atoms. The second-order valence-electron chi connectivity index (χ2n) is 5.94. The van der Waals surface area contributed by atoms with Crippen molar-refractivity contribution in [1.82, 2.24) is 20.1 Å². The number of aryl methyl sites for hydroxylation is 1. The first kappa shape index (κ1) is 16.2. The number of nitrogens with one attached hydrogen (secondary N) is 2. The number of carbonyl (C=O) groups is 1. The van der Waals surface area contributed by atoms with Gasteiger partial charge in [0.05, 0.1) is 0 Å². The van der Waals surface area contributed by atoms with Crippen molar-refractivity contribution in [1.29, 1.82) is 0 Å². The van der Waals surface area contributed by atoms with Crippen molar-refractivity contribution in [2.75, 3.05) is 19.7 Å². The highest BCUT2D eigenvalue weighted by Crippen LogP contribution is 2.25. The summed E-state index contributed by atoms with van der Waals surface area (Å²) in [6.07, 6.45) is 1.43. The topological polar surface area (TPSA) is 91.1 Å². The number of hydrogen-bond donors (Lipinski definition) is 2. The Balaban J connectivity index is 1.52. The van der Waals surface area contributed by atoms with E-state index in [4.69, 9.17) is 4.74 Å². The number of ether oxygens (including phenoxy) is 1. The summed E-state index contributed by atoms with van der Waals surface area (Å²) in [7, 11) is 0. The van der Waals surface area contributed by atoms with E-state index in [1.165, 1.54) is 6.07 Å². The molecule has 2 aromatic rings. The molecule has 2 N–H and O–H groups in total. The molecule has 128 valence electrons. The maximum absolute atomic E-state index is 13.6. The Labute approximate surface area is 137 Å². The number of rotatable bonds is 4. The molecule has 0 spiro atoms. The third-order valence-corrected chi connectivity index (χ3v) is 4.19. The van der Waals surface area contributed by atoms with E-state index >= 15 is 0 Å². The molecule has 1 aromatic carbocycles. The average Bonchev–Trinajstić information content (AvgIpc) is 3.02. The van der Waals surface area contributed by atoms with Gasteiger partial charge in [-0.1, -0.05) is 6.07 Å². The van der Waals surface area contributed by atoms with Crippen LogP contribution in [0.2, 0.25) is 0 Å². The average molecular weight is 334 g/mol. The minimum absolute atomic E-state index is 0.0901. The number of hydrogen-bond acceptors (Lipinski definition) is 4. The Kier molecular flexibility index (Phi) is 4.64. The van der Waals surface area contributed by atoms with Crippen LogP contribution in [0, 0.1) is 12.7 Å². The van der Waals surface area contributed by atoms with Crippen molar-refractivity contribution in [2.45, 2.75) is 25.7 Å². The lowest BCUT2D eigenvalue weighted by atomic mass is 9.96. The number of amides is 1. The van der Waals surface area contributed by atoms with Gasteiger partial charge >= 0.3 is 5.69 Å². The summed E-state index contributed by atoms with van der Waals surface area (Å²) < 4.78 is 18.9. The van der Waals surface area contributed by atoms with Gasteiger partial charge in [-0.25, -0.2) is 14.3 Å². The molecule has 1 aliphatic rings. The fourth-order valence-electron chi connectivity index (χ4n) is 2.83. The molecule has 2 heterocycles. The maximum Gasteiger partial charge on any atom is 0.340 e. The number of benzene rings is 1. The van der Waals surface area contributed by atoms with Crippen LogP contribution in [-0.2, 0) is 4.79 Å². The first-order valence-corrected chi connectivity index (χ1v) is 7.84. The van der Waals surface area contributed by atoms with Crippen molar-refractivity contribution >= 4 is 5.91 Å². The van der Waals surface area contributed by atoms with E-state index in [9.17, 15) is 14.0 Å². The van der Waals surface area contributed by atoms with E-state index in [0.29, 0.717) is 31.8 Å². The van der Waals surface area contributed by atoms with Crippen LogP contribution in [-0.4, -0.2) is 45.7 Å². The molecule has 7 nitrogen and oxygen atoms in total. The summed E-state index contributed by atoms with van der Waals surface area (Å²) in [5, 5.41) is 6.29. The number of piperidine rings is 1. The Bertz CT molecular complexity index is 778. The number of likely N-dealkylation sites (tertiary alicyclic amines) is 1. The maximum atomic E-state index is 13.6. The number of aromatic nitrogens is 3. The fraction of sp³-hybridized carbons (Fsp3) is 0.438. The first-order chi connectivity index (χ1) is 11.5. The number of halogens is 1. The second-order valence-corrected chi connectivity index (χ2v) is 5.94. The van der Waals surface area contributed by atoms with E-state index in [-0.39, 0.29) is 29.9 Å². The minimum atomic E-state index is -0.477. The Hall–Kier alpha value is -2.64. The molecular formula is C16H19FN4O3. The quantitative estimate of drug-likeness (QED) is 0.882. The van der Waals surface area contributed by atoms with Gasteiger partial charge in [-0.15, -0.1) is 0 Å². The van der Waals surface area contributed by atoms with Crippen LogP contribution in [0.4, 0.5) is 4.39 Å². The third-order valence-electron chi connectivity index (χ3n) is 4.19. The van der Waals surface area contributed by atoms with Crippen LogP contribution in [0.5, 0.6) is 5.75 Å². The Morgan fingerprint density at radius 2 is 2.17 bits per heavy atom. The fourth-order valence-corrected chi connectivity index (χ4v) is 2.83. The highest BCUT2D eigenvalue weighted by atomic mass is 19.1. The standard InChI is InChI=1S/C16H19FN4O3/c1-10-2-3-12(17)13(8-10)24-9-14(22)21-6-4-11(5-7-21)15-18-16(23)20-19-15/h2-3,8,11H,4-7,9H2,1H3,(H2,18,19,20,23). The number of carbonyl (C=O) groups excluding carboxylic acids is 1. The lowest BCUT2D eigenvalue weighted by molar-refractivity contribution is -0.134. The second kappa shape index (κ2) is 6.86. The van der Waals surface area contributed by atoms with E-state index in [1.807, 2.05) is 6.92 Å². The van der Waals surface area contributed by atoms with Gasteiger partial charge in [-0.2, -0.15) is 5.10 Å². The van der Waals surface area contributed by atoms with Crippen molar-refractivity contribution < 1.29 is 13.9 Å². The zero-order valence-corrected chi connectivity index (χ0v) is 13.3. The number of H-pyrrole nitrogens is 2. The molecule has 3 rings (SSSR count). The molecule has 0 unspecified atom stereocenters. The van der Waals surface area contributed by atoms with Gasteiger partial charge in [0.15, 0.2) is 18.2 Å². The van der Waals surface area contributed by atoms with Crippen LogP contribution < -0.4 is 10.4 Å². The molecule has 0 saturated carbocycles. The van der Waals surface area contributed by atoms with Crippen LogP contribution in [0.3, 0.4) is 0 Å². The van der Waals surface area contributed by atoms with Crippen molar-refractivity contribution in [3.8, 4) is 5.75 Å². The molecule has 0 bridgehead atoms. The molecule has 1 aliphatic heterocycles. The van der Waals surface area contributed by atoms with Gasteiger partial charge in [-0.05, 0) is 37.5 Å². The van der Waals surface area contributed by atoms with Gasteiger partial charge in [0.1, 0.15) is 5.82 Å². The lowest BCUT2D eigenvalue weighted by Crippen LogP contribution is -2.40. The number of aromatic amines is 2. The van der Waals surface area contributed by atoms with Crippen LogP contribution in [0.15, 0.2) is 23.0 Å². The predicted molar refractivity (Wildman–Crippen MR) is 84.4 cm³/mol. The molecule has 1 aromatic heterocycles. The first-order valence-electron chi connectivity index (χ1n) is 7.84. The highest BCUT2D eigenvalue weighted by molar-refractivity contribution is 5.77. The summed E-state index contributed by atoms with van der Waals surface area (Å²) in [5.41, 5.74) is 0.546.